The van der Waals surface area contributed by atoms with Crippen molar-refractivity contribution >= 4 is 0 Å². The van der Waals surface area contributed by atoms with Crippen molar-refractivity contribution in [1.82, 2.24) is 9.80 Å². The van der Waals surface area contributed by atoms with E-state index in [-0.39, 0.29) is 18.1 Å². The Kier molecular flexibility index (Phi) is 8.14. The average molecular weight is 529 g/mol. The van der Waals surface area contributed by atoms with Crippen LogP contribution in [0.1, 0.15) is 61.3 Å². The zero-order valence-electron chi connectivity index (χ0n) is 21.3. The highest BCUT2D eigenvalue weighted by Crippen LogP contribution is 2.40. The molecule has 1 aliphatic heterocycles. The SMILES string of the molecule is COc1cccc(C(C)(Cc2cc(C(F)(F)F)cc(C(F)(F)F)c2)N2CCN(C3CCCCC3)CC2)c1. The third-order valence-electron chi connectivity index (χ3n) is 7.99. The summed E-state index contributed by atoms with van der Waals surface area (Å²) in [7, 11) is 1.53. The quantitative estimate of drug-likeness (QED) is 0.371. The molecule has 9 heteroatoms. The van der Waals surface area contributed by atoms with Gasteiger partial charge in [-0.2, -0.15) is 26.3 Å². The fourth-order valence-corrected chi connectivity index (χ4v) is 5.90. The number of ether oxygens (including phenoxy) is 1. The third kappa shape index (κ3) is 6.42. The molecule has 1 unspecified atom stereocenters. The molecule has 1 aliphatic carbocycles. The van der Waals surface area contributed by atoms with E-state index in [9.17, 15) is 26.3 Å². The molecule has 1 heterocycles. The maximum absolute atomic E-state index is 13.6. The first kappa shape index (κ1) is 27.8. The van der Waals surface area contributed by atoms with Crippen molar-refractivity contribution in [1.29, 1.82) is 0 Å². The average Bonchev–Trinajstić information content (AvgIpc) is 2.88. The molecule has 1 saturated carbocycles. The number of methoxy groups -OCH3 is 1. The van der Waals surface area contributed by atoms with Gasteiger partial charge in [0, 0.05) is 37.8 Å². The number of rotatable bonds is 6. The lowest BCUT2D eigenvalue weighted by molar-refractivity contribution is -0.143. The van der Waals surface area contributed by atoms with Crippen molar-refractivity contribution < 1.29 is 31.1 Å². The Labute approximate surface area is 214 Å². The summed E-state index contributed by atoms with van der Waals surface area (Å²) in [5.74, 6) is 0.588. The Morgan fingerprint density at radius 2 is 1.38 bits per heavy atom. The molecule has 204 valence electrons. The summed E-state index contributed by atoms with van der Waals surface area (Å²) in [4.78, 5) is 4.70. The van der Waals surface area contributed by atoms with Crippen molar-refractivity contribution in [2.75, 3.05) is 33.3 Å². The summed E-state index contributed by atoms with van der Waals surface area (Å²) < 4.78 is 86.8. The maximum atomic E-state index is 13.6. The molecule has 2 aromatic rings. The molecule has 2 aliphatic rings. The lowest BCUT2D eigenvalue weighted by atomic mass is 9.82. The molecule has 4 rings (SSSR count). The van der Waals surface area contributed by atoms with Crippen molar-refractivity contribution in [3.8, 4) is 5.75 Å². The highest BCUT2D eigenvalue weighted by molar-refractivity contribution is 5.38. The number of hydrogen-bond donors (Lipinski definition) is 0. The second-order valence-corrected chi connectivity index (χ2v) is 10.4. The number of alkyl halides is 6. The standard InChI is InChI=1S/C28H34F6N2O/c1-26(21-7-6-10-25(18-21)37-2,36-13-11-35(12-14-36)24-8-4-3-5-9-24)19-20-15-22(27(29,30)31)17-23(16-20)28(32,33)34/h6-7,10,15-18,24H,3-5,8-9,11-14,19H2,1-2H3. The normalized spacial score (nSPS) is 20.5. The molecule has 0 spiro atoms. The lowest BCUT2D eigenvalue weighted by Crippen LogP contribution is -2.57. The molecule has 0 amide bonds. The minimum absolute atomic E-state index is 0.00202. The molecule has 0 bridgehead atoms. The van der Waals surface area contributed by atoms with Crippen molar-refractivity contribution in [2.24, 2.45) is 0 Å². The van der Waals surface area contributed by atoms with E-state index in [4.69, 9.17) is 4.74 Å². The van der Waals surface area contributed by atoms with E-state index in [2.05, 4.69) is 9.80 Å². The largest absolute Gasteiger partial charge is 0.497 e. The van der Waals surface area contributed by atoms with Gasteiger partial charge in [0.2, 0.25) is 0 Å². The molecule has 1 atom stereocenters. The van der Waals surface area contributed by atoms with E-state index in [1.165, 1.54) is 39.2 Å². The minimum Gasteiger partial charge on any atom is -0.497 e. The van der Waals surface area contributed by atoms with E-state index in [1.807, 2.05) is 19.1 Å². The fraction of sp³-hybridized carbons (Fsp3) is 0.571. The molecule has 0 aromatic heterocycles. The molecule has 1 saturated heterocycles. The predicted molar refractivity (Wildman–Crippen MR) is 131 cm³/mol. The Balaban J connectivity index is 1.69. The van der Waals surface area contributed by atoms with Crippen molar-refractivity contribution in [3.05, 3.63) is 64.7 Å². The minimum atomic E-state index is -4.88. The molecular weight excluding hydrogens is 494 g/mol. The smallest absolute Gasteiger partial charge is 0.416 e. The monoisotopic (exact) mass is 528 g/mol. The van der Waals surface area contributed by atoms with Gasteiger partial charge in [0.15, 0.2) is 0 Å². The molecule has 2 fully saturated rings. The predicted octanol–water partition coefficient (Wildman–Crippen LogP) is 7.14. The molecule has 0 radical (unpaired) electrons. The highest BCUT2D eigenvalue weighted by atomic mass is 19.4. The Hall–Kier alpha value is -2.26. The maximum Gasteiger partial charge on any atom is 0.416 e. The summed E-state index contributed by atoms with van der Waals surface area (Å²) in [6.07, 6.45) is -3.69. The van der Waals surface area contributed by atoms with E-state index in [0.717, 1.165) is 30.8 Å². The van der Waals surface area contributed by atoms with Gasteiger partial charge in [-0.15, -0.1) is 0 Å². The Bertz CT molecular complexity index is 1020. The van der Waals surface area contributed by atoms with Gasteiger partial charge >= 0.3 is 12.4 Å². The molecule has 0 N–H and O–H groups in total. The van der Waals surface area contributed by atoms with E-state index < -0.39 is 29.0 Å². The number of halogens is 6. The van der Waals surface area contributed by atoms with Crippen LogP contribution < -0.4 is 4.74 Å². The zero-order valence-corrected chi connectivity index (χ0v) is 21.3. The van der Waals surface area contributed by atoms with Crippen LogP contribution in [0.15, 0.2) is 42.5 Å². The van der Waals surface area contributed by atoms with Gasteiger partial charge < -0.3 is 4.74 Å². The number of benzene rings is 2. The number of piperazine rings is 1. The summed E-state index contributed by atoms with van der Waals surface area (Å²) in [6.45, 7) is 4.90. The summed E-state index contributed by atoms with van der Waals surface area (Å²) in [5, 5.41) is 0. The van der Waals surface area contributed by atoms with Crippen LogP contribution in [0.25, 0.3) is 0 Å². The van der Waals surface area contributed by atoms with Gasteiger partial charge in [0.1, 0.15) is 5.75 Å². The molecule has 37 heavy (non-hydrogen) atoms. The first-order chi connectivity index (χ1) is 17.4. The topological polar surface area (TPSA) is 15.7 Å². The zero-order chi connectivity index (χ0) is 26.8. The van der Waals surface area contributed by atoms with Crippen molar-refractivity contribution in [2.45, 2.75) is 69.4 Å². The number of nitrogens with zero attached hydrogens (tertiary/aromatic N) is 2. The van der Waals surface area contributed by atoms with Crippen LogP contribution in [-0.4, -0.2) is 49.1 Å². The third-order valence-corrected chi connectivity index (χ3v) is 7.99. The van der Waals surface area contributed by atoms with Gasteiger partial charge in [-0.3, -0.25) is 9.80 Å². The van der Waals surface area contributed by atoms with Crippen LogP contribution in [0, 0.1) is 0 Å². The van der Waals surface area contributed by atoms with Gasteiger partial charge in [0.05, 0.1) is 18.2 Å². The van der Waals surface area contributed by atoms with Crippen LogP contribution in [0.2, 0.25) is 0 Å². The van der Waals surface area contributed by atoms with Crippen molar-refractivity contribution in [3.63, 3.8) is 0 Å². The van der Waals surface area contributed by atoms with Crippen LogP contribution >= 0.6 is 0 Å². The first-order valence-corrected chi connectivity index (χ1v) is 12.8. The first-order valence-electron chi connectivity index (χ1n) is 12.8. The summed E-state index contributed by atoms with van der Waals surface area (Å²) in [5.41, 5.74) is -2.61. The molecule has 2 aromatic carbocycles. The highest BCUT2D eigenvalue weighted by Gasteiger charge is 2.40. The van der Waals surface area contributed by atoms with Crippen LogP contribution in [0.4, 0.5) is 26.3 Å². The Morgan fingerprint density at radius 3 is 1.92 bits per heavy atom. The Morgan fingerprint density at radius 1 is 0.784 bits per heavy atom. The van der Waals surface area contributed by atoms with Crippen LogP contribution in [0.5, 0.6) is 5.75 Å². The van der Waals surface area contributed by atoms with Gasteiger partial charge in [-0.1, -0.05) is 31.4 Å². The molecule has 3 nitrogen and oxygen atoms in total. The van der Waals surface area contributed by atoms with Gasteiger partial charge in [-0.05, 0) is 67.6 Å². The van der Waals surface area contributed by atoms with Crippen LogP contribution in [-0.2, 0) is 24.3 Å². The second-order valence-electron chi connectivity index (χ2n) is 10.4. The van der Waals surface area contributed by atoms with Gasteiger partial charge in [0.25, 0.3) is 0 Å². The fourth-order valence-electron chi connectivity index (χ4n) is 5.90. The van der Waals surface area contributed by atoms with E-state index >= 15 is 0 Å². The van der Waals surface area contributed by atoms with E-state index in [1.54, 1.807) is 12.1 Å². The number of hydrogen-bond acceptors (Lipinski definition) is 3. The summed E-state index contributed by atoms with van der Waals surface area (Å²) in [6, 6.07) is 9.72. The second kappa shape index (κ2) is 10.8. The van der Waals surface area contributed by atoms with Gasteiger partial charge in [-0.25, -0.2) is 0 Å². The van der Waals surface area contributed by atoms with E-state index in [0.29, 0.717) is 24.9 Å². The summed E-state index contributed by atoms with van der Waals surface area (Å²) >= 11 is 0. The molecular formula is C28H34F6N2O. The van der Waals surface area contributed by atoms with Crippen LogP contribution in [0.3, 0.4) is 0 Å². The lowest BCUT2D eigenvalue weighted by Gasteiger charge is -2.48.